The Kier molecular flexibility index (Phi) is 6.29. The van der Waals surface area contributed by atoms with E-state index in [1.807, 2.05) is 6.92 Å². The number of methoxy groups -OCH3 is 1. The van der Waals surface area contributed by atoms with Crippen LogP contribution in [0, 0.1) is 5.82 Å². The highest BCUT2D eigenvalue weighted by atomic mass is 19.1. The molecule has 106 valence electrons. The van der Waals surface area contributed by atoms with Gasteiger partial charge < -0.3 is 14.8 Å². The van der Waals surface area contributed by atoms with E-state index in [9.17, 15) is 9.18 Å². The van der Waals surface area contributed by atoms with E-state index in [0.717, 1.165) is 6.42 Å². The standard InChI is InChI=1S/C14H20FNO3/c1-4-9-16-14(17)19-10(2)13(18-3)11-7-5-6-8-12(11)15/h5-8,10,13H,4,9H2,1-3H3,(H,16,17)/t10-,13+/m0/s1. The molecule has 0 saturated heterocycles. The van der Waals surface area contributed by atoms with Crippen LogP contribution in [0.15, 0.2) is 24.3 Å². The number of hydrogen-bond acceptors (Lipinski definition) is 3. The predicted molar refractivity (Wildman–Crippen MR) is 70.4 cm³/mol. The summed E-state index contributed by atoms with van der Waals surface area (Å²) < 4.78 is 24.1. The number of nitrogens with one attached hydrogen (secondary N) is 1. The molecule has 5 heteroatoms. The highest BCUT2D eigenvalue weighted by Crippen LogP contribution is 2.25. The van der Waals surface area contributed by atoms with Gasteiger partial charge in [-0.25, -0.2) is 9.18 Å². The molecule has 1 amide bonds. The first kappa shape index (κ1) is 15.4. The van der Waals surface area contributed by atoms with Gasteiger partial charge in [-0.15, -0.1) is 0 Å². The lowest BCUT2D eigenvalue weighted by atomic mass is 10.0. The maximum absolute atomic E-state index is 13.7. The molecule has 0 bridgehead atoms. The first-order valence-corrected chi connectivity index (χ1v) is 6.31. The molecule has 19 heavy (non-hydrogen) atoms. The van der Waals surface area contributed by atoms with Crippen LogP contribution in [-0.2, 0) is 9.47 Å². The molecule has 0 heterocycles. The summed E-state index contributed by atoms with van der Waals surface area (Å²) >= 11 is 0. The number of benzene rings is 1. The van der Waals surface area contributed by atoms with Crippen molar-refractivity contribution < 1.29 is 18.7 Å². The van der Waals surface area contributed by atoms with Gasteiger partial charge in [0.2, 0.25) is 0 Å². The third-order valence-electron chi connectivity index (χ3n) is 2.70. The number of halogens is 1. The van der Waals surface area contributed by atoms with Crippen molar-refractivity contribution in [2.24, 2.45) is 0 Å². The lowest BCUT2D eigenvalue weighted by molar-refractivity contribution is -0.0165. The van der Waals surface area contributed by atoms with Gasteiger partial charge in [0.15, 0.2) is 0 Å². The molecule has 0 radical (unpaired) electrons. The van der Waals surface area contributed by atoms with E-state index in [0.29, 0.717) is 12.1 Å². The predicted octanol–water partition coefficient (Wildman–Crippen LogP) is 3.04. The summed E-state index contributed by atoms with van der Waals surface area (Å²) in [6.45, 7) is 4.16. The zero-order valence-electron chi connectivity index (χ0n) is 11.5. The van der Waals surface area contributed by atoms with Crippen molar-refractivity contribution >= 4 is 6.09 Å². The number of hydrogen-bond donors (Lipinski definition) is 1. The number of carbonyl (C=O) groups excluding carboxylic acids is 1. The minimum Gasteiger partial charge on any atom is -0.443 e. The summed E-state index contributed by atoms with van der Waals surface area (Å²) in [5, 5.41) is 2.60. The average molecular weight is 269 g/mol. The first-order valence-electron chi connectivity index (χ1n) is 6.31. The molecule has 0 aliphatic carbocycles. The molecule has 0 spiro atoms. The number of rotatable bonds is 6. The Balaban J connectivity index is 2.69. The van der Waals surface area contributed by atoms with E-state index >= 15 is 0 Å². The van der Waals surface area contributed by atoms with Gasteiger partial charge in [0.1, 0.15) is 18.0 Å². The second-order valence-corrected chi connectivity index (χ2v) is 4.22. The van der Waals surface area contributed by atoms with Crippen molar-refractivity contribution in [2.75, 3.05) is 13.7 Å². The van der Waals surface area contributed by atoms with Crippen molar-refractivity contribution in [3.63, 3.8) is 0 Å². The number of ether oxygens (including phenoxy) is 2. The molecule has 1 aromatic carbocycles. The largest absolute Gasteiger partial charge is 0.443 e. The Morgan fingerprint density at radius 3 is 2.68 bits per heavy atom. The highest BCUT2D eigenvalue weighted by Gasteiger charge is 2.24. The summed E-state index contributed by atoms with van der Waals surface area (Å²) in [7, 11) is 1.46. The van der Waals surface area contributed by atoms with Crippen molar-refractivity contribution in [1.82, 2.24) is 5.32 Å². The second-order valence-electron chi connectivity index (χ2n) is 4.22. The molecule has 1 rings (SSSR count). The van der Waals surface area contributed by atoms with Crippen LogP contribution < -0.4 is 5.32 Å². The Bertz CT molecular complexity index is 411. The van der Waals surface area contributed by atoms with Gasteiger partial charge in [0.05, 0.1) is 0 Å². The van der Waals surface area contributed by atoms with Crippen molar-refractivity contribution in [2.45, 2.75) is 32.5 Å². The molecule has 2 atom stereocenters. The second kappa shape index (κ2) is 7.74. The number of carbonyl (C=O) groups is 1. The molecule has 0 aliphatic heterocycles. The SMILES string of the molecule is CCCNC(=O)O[C@@H](C)[C@@H](OC)c1ccccc1F. The fourth-order valence-corrected chi connectivity index (χ4v) is 1.78. The van der Waals surface area contributed by atoms with E-state index in [4.69, 9.17) is 9.47 Å². The van der Waals surface area contributed by atoms with Gasteiger partial charge in [-0.05, 0) is 19.4 Å². The van der Waals surface area contributed by atoms with Gasteiger partial charge in [-0.3, -0.25) is 0 Å². The third-order valence-corrected chi connectivity index (χ3v) is 2.70. The van der Waals surface area contributed by atoms with Gasteiger partial charge >= 0.3 is 6.09 Å². The summed E-state index contributed by atoms with van der Waals surface area (Å²) in [4.78, 5) is 11.5. The van der Waals surface area contributed by atoms with Crippen LogP contribution in [0.3, 0.4) is 0 Å². The number of amides is 1. The maximum atomic E-state index is 13.7. The van der Waals surface area contributed by atoms with E-state index in [1.54, 1.807) is 25.1 Å². The van der Waals surface area contributed by atoms with Crippen LogP contribution >= 0.6 is 0 Å². The van der Waals surface area contributed by atoms with E-state index < -0.39 is 18.3 Å². The Hall–Kier alpha value is -1.62. The Morgan fingerprint density at radius 2 is 2.11 bits per heavy atom. The van der Waals surface area contributed by atoms with Crippen LogP contribution in [0.1, 0.15) is 31.9 Å². The zero-order chi connectivity index (χ0) is 14.3. The third kappa shape index (κ3) is 4.52. The van der Waals surface area contributed by atoms with Crippen LogP contribution in [0.4, 0.5) is 9.18 Å². The minimum atomic E-state index is -0.631. The van der Waals surface area contributed by atoms with Crippen LogP contribution in [0.5, 0.6) is 0 Å². The summed E-state index contributed by atoms with van der Waals surface area (Å²) in [6.07, 6.45) is -0.912. The summed E-state index contributed by atoms with van der Waals surface area (Å²) in [5.41, 5.74) is 0.376. The molecule has 1 aromatic rings. The molecule has 1 N–H and O–H groups in total. The smallest absolute Gasteiger partial charge is 0.407 e. The topological polar surface area (TPSA) is 47.6 Å². The monoisotopic (exact) mass is 269 g/mol. The lowest BCUT2D eigenvalue weighted by Crippen LogP contribution is -2.32. The van der Waals surface area contributed by atoms with Crippen molar-refractivity contribution in [3.8, 4) is 0 Å². The molecule has 4 nitrogen and oxygen atoms in total. The lowest BCUT2D eigenvalue weighted by Gasteiger charge is -2.23. The van der Waals surface area contributed by atoms with Crippen LogP contribution in [0.2, 0.25) is 0 Å². The number of alkyl carbamates (subject to hydrolysis) is 1. The van der Waals surface area contributed by atoms with Crippen LogP contribution in [0.25, 0.3) is 0 Å². The Labute approximate surface area is 112 Å². The summed E-state index contributed by atoms with van der Waals surface area (Å²) in [6, 6.07) is 6.29. The molecule has 0 fully saturated rings. The van der Waals surface area contributed by atoms with Crippen LogP contribution in [-0.4, -0.2) is 25.9 Å². The summed E-state index contributed by atoms with van der Waals surface area (Å²) in [5.74, 6) is -0.376. The van der Waals surface area contributed by atoms with Gasteiger partial charge in [-0.1, -0.05) is 25.1 Å². The zero-order valence-corrected chi connectivity index (χ0v) is 11.5. The average Bonchev–Trinajstić information content (AvgIpc) is 2.39. The van der Waals surface area contributed by atoms with Gasteiger partial charge in [-0.2, -0.15) is 0 Å². The van der Waals surface area contributed by atoms with Gasteiger partial charge in [0.25, 0.3) is 0 Å². The van der Waals surface area contributed by atoms with Crippen molar-refractivity contribution in [1.29, 1.82) is 0 Å². The van der Waals surface area contributed by atoms with E-state index in [-0.39, 0.29) is 5.82 Å². The normalized spacial score (nSPS) is 13.7. The highest BCUT2D eigenvalue weighted by molar-refractivity contribution is 5.67. The van der Waals surface area contributed by atoms with Gasteiger partial charge in [0, 0.05) is 19.2 Å². The molecule has 0 aromatic heterocycles. The van der Waals surface area contributed by atoms with E-state index in [2.05, 4.69) is 5.32 Å². The minimum absolute atomic E-state index is 0.376. The fraction of sp³-hybridized carbons (Fsp3) is 0.500. The molecule has 0 aliphatic rings. The van der Waals surface area contributed by atoms with E-state index in [1.165, 1.54) is 13.2 Å². The molecule has 0 saturated carbocycles. The van der Waals surface area contributed by atoms with Crippen molar-refractivity contribution in [3.05, 3.63) is 35.6 Å². The maximum Gasteiger partial charge on any atom is 0.407 e. The molecular weight excluding hydrogens is 249 g/mol. The fourth-order valence-electron chi connectivity index (χ4n) is 1.78. The molecule has 0 unspecified atom stereocenters. The quantitative estimate of drug-likeness (QED) is 0.863. The molecular formula is C14H20FNO3. The first-order chi connectivity index (χ1) is 9.10. The Morgan fingerprint density at radius 1 is 1.42 bits per heavy atom.